The zero-order valence-electron chi connectivity index (χ0n) is 39.8. The van der Waals surface area contributed by atoms with Gasteiger partial charge in [-0.25, -0.2) is 9.67 Å². The van der Waals surface area contributed by atoms with Gasteiger partial charge in [-0.3, -0.25) is 19.2 Å². The van der Waals surface area contributed by atoms with Crippen LogP contribution < -0.4 is 143 Å². The molecule has 6 aromatic rings. The number of ether oxygens (including phenoxy) is 6. The van der Waals surface area contributed by atoms with E-state index in [1.54, 1.807) is 51.6 Å². The maximum atomic E-state index is 12.6. The summed E-state index contributed by atoms with van der Waals surface area (Å²) in [6.45, 7) is 2.99. The maximum Gasteiger partial charge on any atom is 1.00 e. The number of esters is 2. The first-order valence-electron chi connectivity index (χ1n) is 19.1. The molecule has 0 atom stereocenters. The minimum absolute atomic E-state index is 0. The normalized spacial score (nSPS) is 9.42. The Hall–Kier alpha value is -3.50. The minimum Gasteiger partial charge on any atom is -1.00 e. The number of para-hydroxylation sites is 1. The molecule has 1 amide bonds. The fraction of sp³-hybridized carbons (Fsp3) is 0.244. The number of nitrogens with two attached hydrogens (primary N) is 1. The molecule has 0 fully saturated rings. The third-order valence-electron chi connectivity index (χ3n) is 8.49. The van der Waals surface area contributed by atoms with E-state index in [4.69, 9.17) is 46.3 Å². The van der Waals surface area contributed by atoms with E-state index in [0.717, 1.165) is 50.9 Å². The predicted octanol–water partition coefficient (Wildman–Crippen LogP) is -0.127. The van der Waals surface area contributed by atoms with Crippen molar-refractivity contribution in [3.05, 3.63) is 131 Å². The average molecular weight is 1060 g/mol. The van der Waals surface area contributed by atoms with E-state index in [-0.39, 0.29) is 151 Å². The van der Waals surface area contributed by atoms with E-state index in [1.807, 2.05) is 91.9 Å². The average Bonchev–Trinajstić information content (AvgIpc) is 3.80. The molecule has 4 N–H and O–H groups in total. The predicted molar refractivity (Wildman–Crippen MR) is 248 cm³/mol. The number of benzene rings is 4. The molecule has 67 heavy (non-hydrogen) atoms. The molecule has 0 aliphatic carbocycles. The Balaban J connectivity index is 0. The number of methoxy groups -OCH3 is 6. The summed E-state index contributed by atoms with van der Waals surface area (Å²) < 4.78 is 31.0. The molecule has 0 spiro atoms. The van der Waals surface area contributed by atoms with Gasteiger partial charge in [-0.2, -0.15) is 5.10 Å². The summed E-state index contributed by atoms with van der Waals surface area (Å²) >= 11 is 9.35. The van der Waals surface area contributed by atoms with Gasteiger partial charge in [0, 0.05) is 47.4 Å². The van der Waals surface area contributed by atoms with Crippen LogP contribution in [0.3, 0.4) is 0 Å². The molecule has 6 rings (SSSR count). The topological polar surface area (TPSA) is 237 Å². The second-order valence-electron chi connectivity index (χ2n) is 12.6. The van der Waals surface area contributed by atoms with E-state index >= 15 is 0 Å². The Morgan fingerprint density at radius 2 is 1.36 bits per heavy atom. The summed E-state index contributed by atoms with van der Waals surface area (Å²) in [4.78, 5) is 48.9. The van der Waals surface area contributed by atoms with Crippen molar-refractivity contribution in [2.24, 2.45) is 5.73 Å². The number of hydrogen-bond donors (Lipinski definition) is 3. The van der Waals surface area contributed by atoms with E-state index in [2.05, 4.69) is 51.0 Å². The number of nitrogens with one attached hydrogen (secondary N) is 2. The third kappa shape index (κ3) is 22.2. The van der Waals surface area contributed by atoms with Crippen LogP contribution in [-0.4, -0.2) is 93.6 Å². The van der Waals surface area contributed by atoms with Crippen LogP contribution >= 0.6 is 27.5 Å². The number of aryl methyl sites for hydroxylation is 1. The molecule has 0 aliphatic rings. The number of fused-ring (bicyclic) bond motifs is 1. The number of halogens is 2. The summed E-state index contributed by atoms with van der Waals surface area (Å²) in [5, 5.41) is 19.8. The van der Waals surface area contributed by atoms with Crippen LogP contribution in [0.2, 0.25) is 5.02 Å². The van der Waals surface area contributed by atoms with E-state index in [0.29, 0.717) is 24.2 Å². The molecular weight excluding hydrogens is 1010 g/mol. The molecule has 0 aliphatic heterocycles. The number of rotatable bonds is 14. The largest absolute Gasteiger partial charge is 1.00 e. The van der Waals surface area contributed by atoms with Crippen LogP contribution in [0.4, 0.5) is 5.69 Å². The number of hydrogen-bond acceptors (Lipinski definition) is 16. The number of amides is 1. The van der Waals surface area contributed by atoms with Crippen molar-refractivity contribution in [2.75, 3.05) is 59.9 Å². The number of carbonyl (C=O) groups is 4. The molecule has 350 valence electrons. The number of pyridine rings is 1. The summed E-state index contributed by atoms with van der Waals surface area (Å²) in [6, 6.07) is 28.3. The Labute approximate surface area is 489 Å². The van der Waals surface area contributed by atoms with Crippen molar-refractivity contribution < 1.29 is 162 Å². The van der Waals surface area contributed by atoms with Gasteiger partial charge >= 0.3 is 115 Å². The second kappa shape index (κ2) is 36.5. The van der Waals surface area contributed by atoms with Crippen molar-refractivity contribution in [1.29, 1.82) is 0 Å². The number of nitrogens with zero attached hydrogens (tertiary/aromatic N) is 3. The van der Waals surface area contributed by atoms with Gasteiger partial charge in [-0.15, -0.1) is 0 Å². The minimum atomic E-state index is -0.354. The molecular formula is C45H52BrClK2N6O12. The molecule has 2 heterocycles. The van der Waals surface area contributed by atoms with Crippen molar-refractivity contribution >= 4 is 68.4 Å². The first kappa shape index (κ1) is 63.5. The van der Waals surface area contributed by atoms with Crippen LogP contribution in [0.5, 0.6) is 23.0 Å². The maximum absolute atomic E-state index is 12.6. The Kier molecular flexibility index (Phi) is 34.6. The number of carbonyl (C=O) groups excluding carboxylic acids is 4. The molecule has 4 aromatic carbocycles. The van der Waals surface area contributed by atoms with Crippen molar-refractivity contribution in [1.82, 2.24) is 20.1 Å². The SMILES string of the molecule is COC(=O)CBr.COC(=O)CNCc1ccc(OC)cc1OC.COc1ccc(CN)c(OC)c1.Cc1ccc(NC(=O)c2ncc3c(cnn3-c3ccccc3)c2Cl)cc1.O=CO[O-].[H-].[K+].[K+]. The van der Waals surface area contributed by atoms with E-state index < -0.39 is 0 Å². The van der Waals surface area contributed by atoms with E-state index in [1.165, 1.54) is 14.2 Å². The van der Waals surface area contributed by atoms with Crippen LogP contribution in [0, 0.1) is 6.92 Å². The fourth-order valence-electron chi connectivity index (χ4n) is 5.17. The van der Waals surface area contributed by atoms with Crippen molar-refractivity contribution in [2.45, 2.75) is 20.0 Å². The molecule has 22 heteroatoms. The smallest absolute Gasteiger partial charge is 1.00 e. The first-order valence-corrected chi connectivity index (χ1v) is 20.6. The van der Waals surface area contributed by atoms with Gasteiger partial charge in [0.15, 0.2) is 0 Å². The van der Waals surface area contributed by atoms with Crippen LogP contribution in [-0.2, 0) is 41.8 Å². The standard InChI is InChI=1S/C20H15ClN4O.C12H17NO4.C9H13NO2.C3H5BrO2.CH2O3.2K.H/c1-13-7-9-14(10-8-13)24-20(26)19-18(21)16-11-23-25(17(16)12-22-19)15-5-3-2-4-6-15;1-15-10-5-4-9(11(6-10)16-2)7-13-8-12(14)17-3;1-11-8-4-3-7(6-10)9(5-8)12-2;1-6-3(5)2-4;2-1-4-3;;;/h2-12H,1H3,(H,24,26);4-6,13H,7-8H2,1-3H3;3-5H,6,10H2,1-2H3;2H2,1H3;1,3H;;;/q;;;;;2*+1;-1/p-1. The molecule has 0 radical (unpaired) electrons. The number of alkyl halides is 1. The van der Waals surface area contributed by atoms with Crippen LogP contribution in [0.25, 0.3) is 16.6 Å². The van der Waals surface area contributed by atoms with Gasteiger partial charge in [0.1, 0.15) is 34.0 Å². The van der Waals surface area contributed by atoms with Gasteiger partial charge in [0.25, 0.3) is 12.4 Å². The van der Waals surface area contributed by atoms with Crippen LogP contribution in [0.15, 0.2) is 103 Å². The molecule has 0 saturated heterocycles. The van der Waals surface area contributed by atoms with Gasteiger partial charge in [0.05, 0.1) is 77.8 Å². The van der Waals surface area contributed by atoms with Crippen molar-refractivity contribution in [3.8, 4) is 28.7 Å². The van der Waals surface area contributed by atoms with Gasteiger partial charge < -0.3 is 56.4 Å². The summed E-state index contributed by atoms with van der Waals surface area (Å²) in [7, 11) is 9.15. The van der Waals surface area contributed by atoms with Crippen LogP contribution in [0.1, 0.15) is 28.6 Å². The van der Waals surface area contributed by atoms with Gasteiger partial charge in [0.2, 0.25) is 0 Å². The number of anilines is 1. The summed E-state index contributed by atoms with van der Waals surface area (Å²) in [6.07, 6.45) is 3.26. The fourth-order valence-corrected chi connectivity index (χ4v) is 5.68. The molecule has 18 nitrogen and oxygen atoms in total. The molecule has 0 bridgehead atoms. The van der Waals surface area contributed by atoms with Gasteiger partial charge in [-0.1, -0.05) is 75.6 Å². The number of aromatic nitrogens is 3. The monoisotopic (exact) mass is 1060 g/mol. The Morgan fingerprint density at radius 3 is 1.84 bits per heavy atom. The first-order chi connectivity index (χ1) is 31.4. The Bertz CT molecular complexity index is 2400. The molecule has 2 aromatic heterocycles. The second-order valence-corrected chi connectivity index (χ2v) is 13.5. The summed E-state index contributed by atoms with van der Waals surface area (Å²) in [5.41, 5.74) is 11.1. The Morgan fingerprint density at radius 1 is 0.806 bits per heavy atom. The molecule has 0 saturated carbocycles. The van der Waals surface area contributed by atoms with Crippen molar-refractivity contribution in [3.63, 3.8) is 0 Å². The third-order valence-corrected chi connectivity index (χ3v) is 9.33. The zero-order valence-corrected chi connectivity index (χ0v) is 47.4. The van der Waals surface area contributed by atoms with Gasteiger partial charge in [-0.05, 0) is 43.3 Å². The quantitative estimate of drug-likeness (QED) is 0.0322. The van der Waals surface area contributed by atoms with E-state index in [9.17, 15) is 14.4 Å². The summed E-state index contributed by atoms with van der Waals surface area (Å²) in [5.74, 6) is 2.13. The zero-order chi connectivity index (χ0) is 48.1. The molecule has 0 unspecified atom stereocenters.